The number of rotatable bonds is 4. The maximum atomic E-state index is 12.6. The van der Waals surface area contributed by atoms with Crippen LogP contribution < -0.4 is 14.8 Å². The third-order valence-corrected chi connectivity index (χ3v) is 6.38. The van der Waals surface area contributed by atoms with Crippen LogP contribution in [0.3, 0.4) is 0 Å². The van der Waals surface area contributed by atoms with Crippen LogP contribution in [0.1, 0.15) is 56.9 Å². The fourth-order valence-corrected chi connectivity index (χ4v) is 4.60. The summed E-state index contributed by atoms with van der Waals surface area (Å²) in [5.74, 6) is 1.02. The molecule has 0 radical (unpaired) electrons. The second kappa shape index (κ2) is 9.91. The van der Waals surface area contributed by atoms with Crippen molar-refractivity contribution in [1.82, 2.24) is 10.0 Å². The minimum atomic E-state index is -3.29. The van der Waals surface area contributed by atoms with Crippen LogP contribution in [0.4, 0.5) is 0 Å². The molecule has 2 bridgehead atoms. The highest BCUT2D eigenvalue weighted by molar-refractivity contribution is 7.88. The second-order valence-electron chi connectivity index (χ2n) is 7.98. The van der Waals surface area contributed by atoms with Gasteiger partial charge in [0, 0.05) is 13.1 Å². The zero-order valence-electron chi connectivity index (χ0n) is 17.2. The van der Waals surface area contributed by atoms with Crippen LogP contribution in [0.5, 0.6) is 5.75 Å². The van der Waals surface area contributed by atoms with Crippen molar-refractivity contribution in [1.29, 1.82) is 0 Å². The molecule has 2 unspecified atom stereocenters. The van der Waals surface area contributed by atoms with E-state index < -0.39 is 16.1 Å². The predicted molar refractivity (Wildman–Crippen MR) is 111 cm³/mol. The first-order valence-corrected chi connectivity index (χ1v) is 12.4. The highest BCUT2D eigenvalue weighted by atomic mass is 32.2. The van der Waals surface area contributed by atoms with E-state index in [2.05, 4.69) is 16.1 Å². The fourth-order valence-electron chi connectivity index (χ4n) is 4.12. The Bertz CT molecular complexity index is 790. The molecule has 2 atom stereocenters. The molecule has 1 aromatic carbocycles. The quantitative estimate of drug-likeness (QED) is 0.774. The van der Waals surface area contributed by atoms with Gasteiger partial charge in [0.2, 0.25) is 10.0 Å². The van der Waals surface area contributed by atoms with Crippen LogP contribution in [0.15, 0.2) is 24.3 Å². The average Bonchev–Trinajstić information content (AvgIpc) is 2.70. The molecule has 2 aliphatic heterocycles. The van der Waals surface area contributed by atoms with Gasteiger partial charge in [-0.2, -0.15) is 0 Å². The summed E-state index contributed by atoms with van der Waals surface area (Å²) >= 11 is 0. The molecule has 3 aliphatic rings. The van der Waals surface area contributed by atoms with Crippen molar-refractivity contribution in [3.05, 3.63) is 29.8 Å². The fraction of sp³-hybridized carbons (Fsp3) is 0.667. The second-order valence-corrected chi connectivity index (χ2v) is 9.82. The first-order valence-electron chi connectivity index (χ1n) is 10.5. The maximum Gasteiger partial charge on any atom is 0.261 e. The van der Waals surface area contributed by atoms with Crippen LogP contribution in [-0.4, -0.2) is 52.0 Å². The van der Waals surface area contributed by atoms with Gasteiger partial charge in [0.15, 0.2) is 6.10 Å². The maximum absolute atomic E-state index is 12.6. The van der Waals surface area contributed by atoms with E-state index in [1.165, 1.54) is 0 Å². The molecule has 2 N–H and O–H groups in total. The van der Waals surface area contributed by atoms with Crippen molar-refractivity contribution >= 4 is 15.9 Å². The summed E-state index contributed by atoms with van der Waals surface area (Å²) in [4.78, 5) is 12.6. The molecule has 1 saturated carbocycles. The number of carbonyl (C=O) groups excluding carboxylic acids is 1. The number of nitrogens with one attached hydrogen (secondary N) is 2. The molecule has 0 aromatic heterocycles. The van der Waals surface area contributed by atoms with E-state index in [0.717, 1.165) is 43.3 Å². The van der Waals surface area contributed by atoms with Gasteiger partial charge in [-0.1, -0.05) is 25.1 Å². The van der Waals surface area contributed by atoms with Gasteiger partial charge in [-0.25, -0.2) is 13.1 Å². The van der Waals surface area contributed by atoms with Crippen LogP contribution in [0.2, 0.25) is 0 Å². The van der Waals surface area contributed by atoms with Crippen LogP contribution >= 0.6 is 0 Å². The normalized spacial score (nSPS) is 28.7. The lowest BCUT2D eigenvalue weighted by molar-refractivity contribution is -0.128. The minimum Gasteiger partial charge on any atom is -0.480 e. The van der Waals surface area contributed by atoms with Gasteiger partial charge in [-0.3, -0.25) is 4.79 Å². The number of sulfonamides is 1. The van der Waals surface area contributed by atoms with Gasteiger partial charge in [0.1, 0.15) is 5.75 Å². The molecule has 0 spiro atoms. The summed E-state index contributed by atoms with van der Waals surface area (Å²) in [5, 5.41) is 2.92. The van der Waals surface area contributed by atoms with E-state index in [1.54, 1.807) is 0 Å². The van der Waals surface area contributed by atoms with Gasteiger partial charge in [-0.05, 0) is 56.1 Å². The van der Waals surface area contributed by atoms with Crippen LogP contribution in [-0.2, 0) is 19.6 Å². The molecular formula is C21H32N2O5S. The summed E-state index contributed by atoms with van der Waals surface area (Å²) in [6.07, 6.45) is 5.36. The number of amides is 1. The van der Waals surface area contributed by atoms with Crippen LogP contribution in [0.25, 0.3) is 0 Å². The van der Waals surface area contributed by atoms with Crippen molar-refractivity contribution in [3.63, 3.8) is 0 Å². The number of benzene rings is 1. The van der Waals surface area contributed by atoms with E-state index in [4.69, 9.17) is 9.47 Å². The van der Waals surface area contributed by atoms with Gasteiger partial charge >= 0.3 is 0 Å². The number of para-hydroxylation sites is 1. The average molecular weight is 425 g/mol. The lowest BCUT2D eigenvalue weighted by Crippen LogP contribution is -2.42. The SMILES string of the molecule is CCC1Oc2ccccc2C2CCC(CC2)OC(CNS(C)(=O)=O)CCNC1=O. The predicted octanol–water partition coefficient (Wildman–Crippen LogP) is 2.32. The van der Waals surface area contributed by atoms with Crippen LogP contribution in [0, 0.1) is 0 Å². The zero-order chi connectivity index (χ0) is 20.9. The zero-order valence-corrected chi connectivity index (χ0v) is 18.0. The molecule has 2 heterocycles. The Balaban J connectivity index is 1.79. The molecule has 1 fully saturated rings. The molecule has 1 aliphatic carbocycles. The Morgan fingerprint density at radius 3 is 2.55 bits per heavy atom. The van der Waals surface area contributed by atoms with Gasteiger partial charge < -0.3 is 14.8 Å². The summed E-state index contributed by atoms with van der Waals surface area (Å²) < 4.78 is 37.9. The smallest absolute Gasteiger partial charge is 0.261 e. The standard InChI is InChI=1S/C21H32N2O5S/c1-3-19-21(24)22-13-12-17(14-23-29(2,25)26)27-16-10-8-15(9-11-16)18-6-4-5-7-20(18)28-19/h4-7,15-17,19,23H,3,8-14H2,1-2H3,(H,22,24). The Kier molecular flexibility index (Phi) is 7.54. The van der Waals surface area contributed by atoms with E-state index in [1.807, 2.05) is 25.1 Å². The topological polar surface area (TPSA) is 93.7 Å². The van der Waals surface area contributed by atoms with E-state index in [-0.39, 0.29) is 24.7 Å². The van der Waals surface area contributed by atoms with Gasteiger partial charge in [0.25, 0.3) is 5.91 Å². The van der Waals surface area contributed by atoms with Crippen molar-refractivity contribution < 1.29 is 22.7 Å². The first kappa shape index (κ1) is 22.1. The molecule has 4 rings (SSSR count). The lowest BCUT2D eigenvalue weighted by atomic mass is 9.82. The molecule has 0 saturated heterocycles. The van der Waals surface area contributed by atoms with Crippen molar-refractivity contribution in [3.8, 4) is 5.75 Å². The molecule has 7 nitrogen and oxygen atoms in total. The van der Waals surface area contributed by atoms with Gasteiger partial charge in [-0.15, -0.1) is 0 Å². The van der Waals surface area contributed by atoms with E-state index in [0.29, 0.717) is 25.3 Å². The van der Waals surface area contributed by atoms with E-state index >= 15 is 0 Å². The highest BCUT2D eigenvalue weighted by Gasteiger charge is 2.29. The van der Waals surface area contributed by atoms with Crippen molar-refractivity contribution in [2.75, 3.05) is 19.3 Å². The summed E-state index contributed by atoms with van der Waals surface area (Å²) in [7, 11) is -3.29. The van der Waals surface area contributed by atoms with Gasteiger partial charge in [0.05, 0.1) is 18.5 Å². The molecule has 162 valence electrons. The summed E-state index contributed by atoms with van der Waals surface area (Å²) in [6, 6.07) is 8.01. The Hall–Kier alpha value is -1.64. The highest BCUT2D eigenvalue weighted by Crippen LogP contribution is 2.39. The van der Waals surface area contributed by atoms with E-state index in [9.17, 15) is 13.2 Å². The largest absolute Gasteiger partial charge is 0.480 e. The minimum absolute atomic E-state index is 0.104. The monoisotopic (exact) mass is 424 g/mol. The Labute approximate surface area is 173 Å². The first-order chi connectivity index (χ1) is 13.9. The molecule has 29 heavy (non-hydrogen) atoms. The van der Waals surface area contributed by atoms with Crippen molar-refractivity contribution in [2.45, 2.75) is 69.7 Å². The third-order valence-electron chi connectivity index (χ3n) is 5.69. The number of hydrogen-bond acceptors (Lipinski definition) is 5. The molecule has 1 amide bonds. The number of fused-ring (bicyclic) bond motifs is 9. The summed E-state index contributed by atoms with van der Waals surface area (Å²) in [5.41, 5.74) is 1.16. The van der Waals surface area contributed by atoms with Crippen molar-refractivity contribution in [2.24, 2.45) is 0 Å². The Morgan fingerprint density at radius 2 is 1.86 bits per heavy atom. The lowest BCUT2D eigenvalue weighted by Gasteiger charge is -2.33. The molecule has 8 heteroatoms. The molecular weight excluding hydrogens is 392 g/mol. The number of ether oxygens (including phenoxy) is 2. The Morgan fingerprint density at radius 1 is 1.14 bits per heavy atom. The molecule has 1 aromatic rings. The summed E-state index contributed by atoms with van der Waals surface area (Å²) in [6.45, 7) is 2.56. The number of hydrogen-bond donors (Lipinski definition) is 2. The number of carbonyl (C=O) groups is 1. The third kappa shape index (κ3) is 6.42.